The zero-order valence-corrected chi connectivity index (χ0v) is 16.1. The molecule has 0 aliphatic heterocycles. The molecule has 4 nitrogen and oxygen atoms in total. The molecule has 166 valence electrons. The summed E-state index contributed by atoms with van der Waals surface area (Å²) in [7, 11) is 0. The molecule has 0 N–H and O–H groups in total. The zero-order valence-electron chi connectivity index (χ0n) is 16.1. The van der Waals surface area contributed by atoms with Crippen LogP contribution in [0.4, 0.5) is 26.3 Å². The van der Waals surface area contributed by atoms with Crippen LogP contribution in [0.25, 0.3) is 0 Å². The maximum absolute atomic E-state index is 13.0. The Morgan fingerprint density at radius 2 is 1.43 bits per heavy atom. The minimum atomic E-state index is -5.77. The topological polar surface area (TPSA) is 52.6 Å². The van der Waals surface area contributed by atoms with Gasteiger partial charge in [-0.1, -0.05) is 39.0 Å². The van der Waals surface area contributed by atoms with E-state index in [9.17, 15) is 35.9 Å². The van der Waals surface area contributed by atoms with Crippen LogP contribution in [0.5, 0.6) is 0 Å². The maximum Gasteiger partial charge on any atom is 0.425 e. The summed E-state index contributed by atoms with van der Waals surface area (Å²) >= 11 is 0. The summed E-state index contributed by atoms with van der Waals surface area (Å²) < 4.78 is 83.5. The van der Waals surface area contributed by atoms with E-state index in [1.807, 2.05) is 0 Å². The highest BCUT2D eigenvalue weighted by molar-refractivity contribution is 5.77. The predicted molar refractivity (Wildman–Crippen MR) is 89.6 cm³/mol. The SMILES string of the molecule is CCCCCCCCC(C)OC(=O)CCC(=O)OCC(F)(F)C(F)C(F)(F)F. The van der Waals surface area contributed by atoms with E-state index in [2.05, 4.69) is 11.7 Å². The van der Waals surface area contributed by atoms with Crippen molar-refractivity contribution in [3.63, 3.8) is 0 Å². The molecule has 0 aliphatic rings. The molecule has 2 atom stereocenters. The third-order valence-corrected chi connectivity index (χ3v) is 3.91. The van der Waals surface area contributed by atoms with Crippen molar-refractivity contribution in [3.8, 4) is 0 Å². The number of alkyl halides is 6. The van der Waals surface area contributed by atoms with E-state index in [1.165, 1.54) is 6.42 Å². The smallest absolute Gasteiger partial charge is 0.425 e. The minimum Gasteiger partial charge on any atom is -0.463 e. The van der Waals surface area contributed by atoms with Crippen LogP contribution >= 0.6 is 0 Å². The van der Waals surface area contributed by atoms with Crippen molar-refractivity contribution in [3.05, 3.63) is 0 Å². The van der Waals surface area contributed by atoms with Crippen LogP contribution in [0.15, 0.2) is 0 Å². The van der Waals surface area contributed by atoms with Crippen molar-refractivity contribution < 1.29 is 45.4 Å². The molecule has 28 heavy (non-hydrogen) atoms. The van der Waals surface area contributed by atoms with Crippen molar-refractivity contribution in [2.75, 3.05) is 6.61 Å². The first-order valence-corrected chi connectivity index (χ1v) is 9.33. The number of carbonyl (C=O) groups is 2. The summed E-state index contributed by atoms with van der Waals surface area (Å²) in [6.45, 7) is 1.74. The van der Waals surface area contributed by atoms with Gasteiger partial charge in [-0.05, 0) is 19.8 Å². The minimum absolute atomic E-state index is 0.377. The van der Waals surface area contributed by atoms with Gasteiger partial charge in [-0.3, -0.25) is 9.59 Å². The molecular formula is C18H28F6O4. The molecule has 10 heteroatoms. The first kappa shape index (κ1) is 26.5. The highest BCUT2D eigenvalue weighted by Gasteiger charge is 2.57. The maximum atomic E-state index is 13.0. The van der Waals surface area contributed by atoms with Gasteiger partial charge in [0, 0.05) is 0 Å². The molecule has 0 aromatic rings. The lowest BCUT2D eigenvalue weighted by atomic mass is 10.1. The fourth-order valence-corrected chi connectivity index (χ4v) is 2.32. The molecule has 0 spiro atoms. The number of esters is 2. The first-order chi connectivity index (χ1) is 12.9. The largest absolute Gasteiger partial charge is 0.463 e. The number of halogens is 6. The summed E-state index contributed by atoms with van der Waals surface area (Å²) in [4.78, 5) is 22.9. The Morgan fingerprint density at radius 3 is 2.00 bits per heavy atom. The van der Waals surface area contributed by atoms with Gasteiger partial charge < -0.3 is 9.47 Å². The van der Waals surface area contributed by atoms with Crippen LogP contribution in [-0.4, -0.2) is 42.9 Å². The molecule has 0 bridgehead atoms. The standard InChI is InChI=1S/C18H28F6O4/c1-3-4-5-6-7-8-9-13(2)28-15(26)11-10-14(25)27-12-17(20,21)16(19)18(22,23)24/h13,16H,3-12H2,1-2H3. The highest BCUT2D eigenvalue weighted by Crippen LogP contribution is 2.35. The summed E-state index contributed by atoms with van der Waals surface area (Å²) in [5.41, 5.74) is 0. The Morgan fingerprint density at radius 1 is 0.893 bits per heavy atom. The molecule has 2 unspecified atom stereocenters. The fourth-order valence-electron chi connectivity index (χ4n) is 2.32. The Hall–Kier alpha value is -1.48. The number of rotatable bonds is 14. The lowest BCUT2D eigenvalue weighted by Gasteiger charge is -2.22. The van der Waals surface area contributed by atoms with Gasteiger partial charge in [0.1, 0.15) is 0 Å². The van der Waals surface area contributed by atoms with Crippen molar-refractivity contribution in [1.29, 1.82) is 0 Å². The van der Waals surface area contributed by atoms with E-state index in [4.69, 9.17) is 4.74 Å². The number of ether oxygens (including phenoxy) is 2. The number of unbranched alkanes of at least 4 members (excludes halogenated alkanes) is 5. The summed E-state index contributed by atoms with van der Waals surface area (Å²) in [6.07, 6.45) is -4.62. The van der Waals surface area contributed by atoms with Gasteiger partial charge in [0.25, 0.3) is 6.17 Å². The number of hydrogen-bond acceptors (Lipinski definition) is 4. The van der Waals surface area contributed by atoms with Crippen LogP contribution in [-0.2, 0) is 19.1 Å². The van der Waals surface area contributed by atoms with E-state index in [-0.39, 0.29) is 6.10 Å². The van der Waals surface area contributed by atoms with Gasteiger partial charge in [0.2, 0.25) is 0 Å². The van der Waals surface area contributed by atoms with E-state index >= 15 is 0 Å². The molecule has 0 rings (SSSR count). The molecule has 0 amide bonds. The van der Waals surface area contributed by atoms with Gasteiger partial charge in [-0.25, -0.2) is 4.39 Å². The van der Waals surface area contributed by atoms with Gasteiger partial charge in [0.05, 0.1) is 18.9 Å². The summed E-state index contributed by atoms with van der Waals surface area (Å²) in [5.74, 6) is -6.99. The van der Waals surface area contributed by atoms with Crippen LogP contribution in [0, 0.1) is 0 Å². The van der Waals surface area contributed by atoms with Gasteiger partial charge >= 0.3 is 24.0 Å². The Labute approximate surface area is 160 Å². The molecule has 0 aromatic carbocycles. The number of carbonyl (C=O) groups excluding carboxylic acids is 2. The van der Waals surface area contributed by atoms with Crippen molar-refractivity contribution in [2.24, 2.45) is 0 Å². The third kappa shape index (κ3) is 12.1. The lowest BCUT2D eigenvalue weighted by Crippen LogP contribution is -2.45. The normalized spacial score (nSPS) is 14.4. The average Bonchev–Trinajstić information content (AvgIpc) is 2.59. The Kier molecular flexibility index (Phi) is 12.2. The van der Waals surface area contributed by atoms with Crippen molar-refractivity contribution >= 4 is 11.9 Å². The quantitative estimate of drug-likeness (QED) is 0.210. The second kappa shape index (κ2) is 12.9. The number of hydrogen-bond donors (Lipinski definition) is 0. The van der Waals surface area contributed by atoms with Crippen LogP contribution < -0.4 is 0 Å². The van der Waals surface area contributed by atoms with Gasteiger partial charge in [-0.2, -0.15) is 22.0 Å². The van der Waals surface area contributed by atoms with Gasteiger partial charge in [-0.15, -0.1) is 0 Å². The molecular weight excluding hydrogens is 394 g/mol. The molecule has 0 fully saturated rings. The lowest BCUT2D eigenvalue weighted by molar-refractivity contribution is -0.254. The van der Waals surface area contributed by atoms with Crippen molar-refractivity contribution in [1.82, 2.24) is 0 Å². The summed E-state index contributed by atoms with van der Waals surface area (Å²) in [6, 6.07) is 0. The summed E-state index contributed by atoms with van der Waals surface area (Å²) in [5, 5.41) is 0. The van der Waals surface area contributed by atoms with E-state index in [0.29, 0.717) is 6.42 Å². The third-order valence-electron chi connectivity index (χ3n) is 3.91. The van der Waals surface area contributed by atoms with E-state index < -0.39 is 49.7 Å². The average molecular weight is 422 g/mol. The molecule has 0 aliphatic carbocycles. The van der Waals surface area contributed by atoms with Crippen LogP contribution in [0.3, 0.4) is 0 Å². The van der Waals surface area contributed by atoms with Crippen LogP contribution in [0.2, 0.25) is 0 Å². The van der Waals surface area contributed by atoms with Crippen LogP contribution in [0.1, 0.15) is 71.6 Å². The molecule has 0 aromatic heterocycles. The molecule has 0 radical (unpaired) electrons. The van der Waals surface area contributed by atoms with E-state index in [0.717, 1.165) is 32.1 Å². The predicted octanol–water partition coefficient (Wildman–Crippen LogP) is 5.53. The fraction of sp³-hybridized carbons (Fsp3) is 0.889. The van der Waals surface area contributed by atoms with Gasteiger partial charge in [0.15, 0.2) is 6.61 Å². The monoisotopic (exact) mass is 422 g/mol. The zero-order chi connectivity index (χ0) is 21.8. The second-order valence-electron chi connectivity index (χ2n) is 6.68. The molecule has 0 heterocycles. The second-order valence-corrected chi connectivity index (χ2v) is 6.68. The van der Waals surface area contributed by atoms with E-state index in [1.54, 1.807) is 6.92 Å². The Balaban J connectivity index is 4.01. The Bertz CT molecular complexity index is 467. The van der Waals surface area contributed by atoms with Crippen molar-refractivity contribution in [2.45, 2.75) is 96.0 Å². The first-order valence-electron chi connectivity index (χ1n) is 9.33. The highest BCUT2D eigenvalue weighted by atomic mass is 19.4. The molecule has 0 saturated heterocycles. The molecule has 0 saturated carbocycles.